The standard InChI is InChI=1S/C32H44FN7O4/c1-19(2)28-37-30(44-38-28)39-12-10-22(11-13-39)21(4)42-23-15-34-29(35-16-23)40-17-25(24-14-20(3)8-9-26(24)33)27(18-40)36-31(41)43-32(5,6)7/h8-9,14-16,19,21-22,25,27H,10-13,17-18H2,1-7H3,(H,36,41). The Morgan fingerprint density at radius 1 is 1.09 bits per heavy atom. The highest BCUT2D eigenvalue weighted by molar-refractivity contribution is 5.68. The molecule has 12 heteroatoms. The average Bonchev–Trinajstić information content (AvgIpc) is 3.62. The number of amides is 1. The molecule has 0 spiro atoms. The molecule has 11 nitrogen and oxygen atoms in total. The van der Waals surface area contributed by atoms with Crippen LogP contribution in [0.4, 0.5) is 21.1 Å². The van der Waals surface area contributed by atoms with Gasteiger partial charge in [-0.05, 0) is 65.0 Å². The van der Waals surface area contributed by atoms with Crippen molar-refractivity contribution in [1.29, 1.82) is 0 Å². The Hall–Kier alpha value is -3.96. The maximum Gasteiger partial charge on any atom is 0.407 e. The molecule has 0 radical (unpaired) electrons. The number of piperidine rings is 1. The van der Waals surface area contributed by atoms with E-state index in [2.05, 4.69) is 37.2 Å². The van der Waals surface area contributed by atoms with Crippen molar-refractivity contribution in [2.45, 2.75) is 90.9 Å². The number of nitrogens with zero attached hydrogens (tertiary/aromatic N) is 6. The van der Waals surface area contributed by atoms with E-state index in [-0.39, 0.29) is 23.8 Å². The van der Waals surface area contributed by atoms with Gasteiger partial charge >= 0.3 is 12.1 Å². The minimum Gasteiger partial charge on any atom is -0.487 e. The highest BCUT2D eigenvalue weighted by Gasteiger charge is 2.38. The number of carbonyl (C=O) groups is 1. The van der Waals surface area contributed by atoms with Gasteiger partial charge in [0, 0.05) is 38.0 Å². The van der Waals surface area contributed by atoms with Gasteiger partial charge in [0.2, 0.25) is 5.95 Å². The van der Waals surface area contributed by atoms with Gasteiger partial charge in [0.05, 0.1) is 24.5 Å². The first-order chi connectivity index (χ1) is 20.9. The number of anilines is 2. The fourth-order valence-corrected chi connectivity index (χ4v) is 5.83. The van der Waals surface area contributed by atoms with Gasteiger partial charge in [0.25, 0.3) is 0 Å². The zero-order chi connectivity index (χ0) is 31.6. The molecular weight excluding hydrogens is 565 g/mol. The number of aryl methyl sites for hydroxylation is 1. The van der Waals surface area contributed by atoms with E-state index in [1.807, 2.05) is 52.5 Å². The lowest BCUT2D eigenvalue weighted by atomic mass is 9.92. The van der Waals surface area contributed by atoms with Crippen LogP contribution < -0.4 is 19.9 Å². The van der Waals surface area contributed by atoms with Crippen LogP contribution in [-0.2, 0) is 4.74 Å². The van der Waals surface area contributed by atoms with Crippen LogP contribution in [0.1, 0.15) is 83.2 Å². The normalized spacial score (nSPS) is 20.2. The molecule has 1 N–H and O–H groups in total. The van der Waals surface area contributed by atoms with Crippen molar-refractivity contribution < 1.29 is 23.2 Å². The minimum atomic E-state index is -0.648. The third-order valence-corrected chi connectivity index (χ3v) is 8.21. The van der Waals surface area contributed by atoms with Gasteiger partial charge in [0.15, 0.2) is 11.6 Å². The molecule has 1 aromatic carbocycles. The number of alkyl carbamates (subject to hydrolysis) is 1. The summed E-state index contributed by atoms with van der Waals surface area (Å²) in [7, 11) is 0. The van der Waals surface area contributed by atoms with Crippen molar-refractivity contribution >= 4 is 18.1 Å². The van der Waals surface area contributed by atoms with E-state index in [1.54, 1.807) is 18.5 Å². The summed E-state index contributed by atoms with van der Waals surface area (Å²) in [5.41, 5.74) is 0.849. The SMILES string of the molecule is Cc1ccc(F)c(C2CN(c3ncc(OC(C)C4CCN(c5nc(C(C)C)no5)CC4)cn3)CC2NC(=O)OC(C)(C)C)c1. The fraction of sp³-hybridized carbons (Fsp3) is 0.594. The van der Waals surface area contributed by atoms with Gasteiger partial charge < -0.3 is 29.1 Å². The number of ether oxygens (including phenoxy) is 2. The predicted molar refractivity (Wildman–Crippen MR) is 165 cm³/mol. The van der Waals surface area contributed by atoms with Gasteiger partial charge in [-0.1, -0.05) is 36.7 Å². The molecule has 0 bridgehead atoms. The molecule has 2 saturated heterocycles. The molecule has 5 rings (SSSR count). The summed E-state index contributed by atoms with van der Waals surface area (Å²) >= 11 is 0. The van der Waals surface area contributed by atoms with Crippen LogP contribution in [0.5, 0.6) is 5.75 Å². The van der Waals surface area contributed by atoms with E-state index in [9.17, 15) is 9.18 Å². The molecule has 238 valence electrons. The van der Waals surface area contributed by atoms with Gasteiger partial charge in [0.1, 0.15) is 11.4 Å². The lowest BCUT2D eigenvalue weighted by Gasteiger charge is -2.33. The fourth-order valence-electron chi connectivity index (χ4n) is 5.83. The molecule has 0 saturated carbocycles. The summed E-state index contributed by atoms with van der Waals surface area (Å²) in [6.07, 6.45) is 4.67. The number of aromatic nitrogens is 4. The van der Waals surface area contributed by atoms with Crippen molar-refractivity contribution in [3.05, 3.63) is 53.4 Å². The first-order valence-electron chi connectivity index (χ1n) is 15.4. The van der Waals surface area contributed by atoms with Crippen molar-refractivity contribution in [3.8, 4) is 5.75 Å². The average molecular weight is 610 g/mol. The number of hydrogen-bond acceptors (Lipinski definition) is 10. The lowest BCUT2D eigenvalue weighted by Crippen LogP contribution is -2.43. The van der Waals surface area contributed by atoms with Crippen LogP contribution in [0, 0.1) is 18.7 Å². The summed E-state index contributed by atoms with van der Waals surface area (Å²) in [5.74, 6) is 1.78. The first-order valence-corrected chi connectivity index (χ1v) is 15.4. The van der Waals surface area contributed by atoms with Gasteiger partial charge in [-0.15, -0.1) is 0 Å². The van der Waals surface area contributed by atoms with Crippen LogP contribution in [0.15, 0.2) is 35.1 Å². The van der Waals surface area contributed by atoms with Crippen LogP contribution in [-0.4, -0.2) is 70.1 Å². The van der Waals surface area contributed by atoms with E-state index in [0.29, 0.717) is 42.3 Å². The van der Waals surface area contributed by atoms with E-state index < -0.39 is 17.7 Å². The van der Waals surface area contributed by atoms with Crippen LogP contribution in [0.3, 0.4) is 0 Å². The Morgan fingerprint density at radius 3 is 2.43 bits per heavy atom. The summed E-state index contributed by atoms with van der Waals surface area (Å²) in [6.45, 7) is 16.0. The molecule has 2 fully saturated rings. The second-order valence-corrected chi connectivity index (χ2v) is 13.2. The third-order valence-electron chi connectivity index (χ3n) is 8.21. The van der Waals surface area contributed by atoms with E-state index in [0.717, 1.165) is 37.3 Å². The van der Waals surface area contributed by atoms with Crippen LogP contribution in [0.2, 0.25) is 0 Å². The molecule has 44 heavy (non-hydrogen) atoms. The lowest BCUT2D eigenvalue weighted by molar-refractivity contribution is 0.0504. The van der Waals surface area contributed by atoms with Crippen molar-refractivity contribution in [1.82, 2.24) is 25.4 Å². The molecule has 3 atom stereocenters. The monoisotopic (exact) mass is 609 g/mol. The van der Waals surface area contributed by atoms with Crippen molar-refractivity contribution in [3.63, 3.8) is 0 Å². The van der Waals surface area contributed by atoms with Gasteiger partial charge in [-0.25, -0.2) is 19.2 Å². The topological polar surface area (TPSA) is 119 Å². The summed E-state index contributed by atoms with van der Waals surface area (Å²) in [5, 5.41) is 7.04. The molecule has 1 amide bonds. The van der Waals surface area contributed by atoms with E-state index >= 15 is 0 Å². The first kappa shape index (κ1) is 31.5. The van der Waals surface area contributed by atoms with Gasteiger partial charge in [-0.3, -0.25) is 0 Å². The predicted octanol–water partition coefficient (Wildman–Crippen LogP) is 5.61. The maximum atomic E-state index is 15.0. The zero-order valence-corrected chi connectivity index (χ0v) is 26.7. The Morgan fingerprint density at radius 2 is 1.80 bits per heavy atom. The smallest absolute Gasteiger partial charge is 0.407 e. The third kappa shape index (κ3) is 7.57. The number of rotatable bonds is 8. The number of benzene rings is 1. The second kappa shape index (κ2) is 13.0. The van der Waals surface area contributed by atoms with Crippen molar-refractivity contribution in [2.24, 2.45) is 5.92 Å². The molecule has 3 unspecified atom stereocenters. The highest BCUT2D eigenvalue weighted by atomic mass is 19.1. The summed E-state index contributed by atoms with van der Waals surface area (Å²) in [4.78, 5) is 30.5. The maximum absolute atomic E-state index is 15.0. The molecule has 2 aromatic heterocycles. The Bertz CT molecular complexity index is 1420. The minimum absolute atomic E-state index is 0.0246. The molecule has 2 aliphatic rings. The molecule has 3 aromatic rings. The Kier molecular flexibility index (Phi) is 9.26. The molecule has 0 aliphatic carbocycles. The number of halogens is 1. The largest absolute Gasteiger partial charge is 0.487 e. The molecule has 2 aliphatic heterocycles. The van der Waals surface area contributed by atoms with E-state index in [1.165, 1.54) is 6.07 Å². The molecule has 4 heterocycles. The zero-order valence-electron chi connectivity index (χ0n) is 26.7. The number of carbonyl (C=O) groups excluding carboxylic acids is 1. The summed E-state index contributed by atoms with van der Waals surface area (Å²) < 4.78 is 32.2. The summed E-state index contributed by atoms with van der Waals surface area (Å²) in [6, 6.07) is 5.24. The van der Waals surface area contributed by atoms with Gasteiger partial charge in [-0.2, -0.15) is 4.98 Å². The van der Waals surface area contributed by atoms with E-state index in [4.69, 9.17) is 14.0 Å². The Labute approximate surface area is 258 Å². The van der Waals surface area contributed by atoms with Crippen LogP contribution in [0.25, 0.3) is 0 Å². The second-order valence-electron chi connectivity index (χ2n) is 13.2. The molecular formula is C32H44FN7O4. The van der Waals surface area contributed by atoms with Crippen LogP contribution >= 0.6 is 0 Å². The number of hydrogen-bond donors (Lipinski definition) is 1. The quantitative estimate of drug-likeness (QED) is 0.345. The Balaban J connectivity index is 1.20. The van der Waals surface area contributed by atoms with Crippen molar-refractivity contribution in [2.75, 3.05) is 36.0 Å². The number of nitrogens with one attached hydrogen (secondary N) is 1. The highest BCUT2D eigenvalue weighted by Crippen LogP contribution is 2.33.